The number of nitrogens with one attached hydrogen (secondary N) is 1. The molecule has 1 amide bonds. The van der Waals surface area contributed by atoms with Crippen LogP contribution in [0.1, 0.15) is 24.0 Å². The van der Waals surface area contributed by atoms with E-state index in [0.29, 0.717) is 41.8 Å². The fourth-order valence-electron chi connectivity index (χ4n) is 3.74. The number of aliphatic imine (C=N–C) groups is 1. The van der Waals surface area contributed by atoms with E-state index in [1.54, 1.807) is 18.0 Å². The average Bonchev–Trinajstić information content (AvgIpc) is 2.85. The molecule has 0 saturated carbocycles. The molecule has 1 saturated heterocycles. The summed E-state index contributed by atoms with van der Waals surface area (Å²) in [6.07, 6.45) is 0.151. The Bertz CT molecular complexity index is 990. The summed E-state index contributed by atoms with van der Waals surface area (Å²) >= 11 is 11.8. The van der Waals surface area contributed by atoms with Crippen LogP contribution in [0.2, 0.25) is 5.02 Å². The molecule has 2 N–H and O–H groups in total. The number of hydrogen-bond donors (Lipinski definition) is 2. The lowest BCUT2D eigenvalue weighted by Gasteiger charge is -2.33. The second kappa shape index (κ2) is 8.71. The van der Waals surface area contributed by atoms with E-state index in [0.717, 1.165) is 16.8 Å². The van der Waals surface area contributed by atoms with Crippen molar-refractivity contribution in [2.75, 3.05) is 25.0 Å². The van der Waals surface area contributed by atoms with Crippen molar-refractivity contribution in [2.24, 2.45) is 4.99 Å². The summed E-state index contributed by atoms with van der Waals surface area (Å²) in [7, 11) is 1.73. The molecule has 30 heavy (non-hydrogen) atoms. The van der Waals surface area contributed by atoms with Crippen molar-refractivity contribution in [1.82, 2.24) is 10.2 Å². The molecule has 1 unspecified atom stereocenters. The maximum atomic E-state index is 13.2. The first-order chi connectivity index (χ1) is 14.4. The fraction of sp³-hybridized carbons (Fsp3) is 0.318. The van der Waals surface area contributed by atoms with Crippen LogP contribution >= 0.6 is 23.8 Å². The van der Waals surface area contributed by atoms with Crippen LogP contribution in [-0.2, 0) is 4.79 Å². The lowest BCUT2D eigenvalue weighted by atomic mass is 10.0. The maximum absolute atomic E-state index is 13.2. The first-order valence-corrected chi connectivity index (χ1v) is 10.7. The van der Waals surface area contributed by atoms with Crippen molar-refractivity contribution >= 4 is 46.2 Å². The Morgan fingerprint density at radius 2 is 1.90 bits per heavy atom. The lowest BCUT2D eigenvalue weighted by Crippen LogP contribution is -2.52. The largest absolute Gasteiger partial charge is 0.393 e. The molecule has 2 aromatic rings. The second-order valence-corrected chi connectivity index (χ2v) is 8.30. The van der Waals surface area contributed by atoms with E-state index >= 15 is 0 Å². The highest BCUT2D eigenvalue weighted by Crippen LogP contribution is 2.30. The molecule has 0 spiro atoms. The molecule has 0 aliphatic carbocycles. The van der Waals surface area contributed by atoms with Crippen molar-refractivity contribution in [3.8, 4) is 0 Å². The third kappa shape index (κ3) is 4.19. The Labute approximate surface area is 186 Å². The Morgan fingerprint density at radius 3 is 2.60 bits per heavy atom. The highest BCUT2D eigenvalue weighted by atomic mass is 35.5. The Kier molecular flexibility index (Phi) is 6.04. The summed E-state index contributed by atoms with van der Waals surface area (Å²) < 4.78 is 0. The van der Waals surface area contributed by atoms with Crippen LogP contribution < -0.4 is 10.2 Å². The number of carbonyl (C=O) groups excluding carboxylic acids is 1. The van der Waals surface area contributed by atoms with Crippen molar-refractivity contribution in [3.05, 3.63) is 64.7 Å². The molecular formula is C22H23ClN4O2S. The first-order valence-electron chi connectivity index (χ1n) is 9.88. The molecule has 0 aromatic heterocycles. The molecule has 2 aliphatic rings. The number of aliphatic hydroxyl groups excluding tert-OH is 1. The van der Waals surface area contributed by atoms with Crippen molar-refractivity contribution in [2.45, 2.75) is 25.1 Å². The van der Waals surface area contributed by atoms with Crippen LogP contribution in [0.4, 0.5) is 5.69 Å². The predicted octanol–water partition coefficient (Wildman–Crippen LogP) is 2.81. The van der Waals surface area contributed by atoms with Gasteiger partial charge in [0.1, 0.15) is 0 Å². The number of piperidine rings is 1. The highest BCUT2D eigenvalue weighted by Gasteiger charge is 2.31. The van der Waals surface area contributed by atoms with Gasteiger partial charge in [-0.25, -0.2) is 4.99 Å². The number of benzene rings is 2. The van der Waals surface area contributed by atoms with Crippen LogP contribution in [0, 0.1) is 0 Å². The second-order valence-electron chi connectivity index (χ2n) is 7.47. The first kappa shape index (κ1) is 20.8. The molecule has 0 radical (unpaired) electrons. The number of halogens is 1. The van der Waals surface area contributed by atoms with Crippen LogP contribution in [0.5, 0.6) is 0 Å². The zero-order valence-electron chi connectivity index (χ0n) is 16.6. The number of thiocarbonyl (C=S) groups is 1. The van der Waals surface area contributed by atoms with Gasteiger partial charge in [0.15, 0.2) is 5.11 Å². The van der Waals surface area contributed by atoms with Gasteiger partial charge in [0.2, 0.25) is 6.17 Å². The molecule has 2 aromatic carbocycles. The topological polar surface area (TPSA) is 68.2 Å². The third-order valence-electron chi connectivity index (χ3n) is 5.46. The number of aliphatic hydroxyl groups is 1. The van der Waals surface area contributed by atoms with Gasteiger partial charge in [0.05, 0.1) is 17.5 Å². The zero-order chi connectivity index (χ0) is 21.3. The molecule has 156 valence electrons. The summed E-state index contributed by atoms with van der Waals surface area (Å²) in [4.78, 5) is 21.6. The molecule has 1 atom stereocenters. The lowest BCUT2D eigenvalue weighted by molar-refractivity contribution is -0.119. The van der Waals surface area contributed by atoms with Crippen LogP contribution in [0.15, 0.2) is 53.5 Å². The number of hydrogen-bond acceptors (Lipinski definition) is 4. The SMILES string of the molecule is CN1C(=O)C(NC(=S)N2CCC(O)CC2)N=C(c2ccccc2)c2cc(Cl)ccc21. The predicted molar refractivity (Wildman–Crippen MR) is 123 cm³/mol. The minimum atomic E-state index is -0.865. The number of likely N-dealkylation sites (tertiary alicyclic amines) is 1. The summed E-state index contributed by atoms with van der Waals surface area (Å²) in [6, 6.07) is 15.2. The number of amides is 1. The quantitative estimate of drug-likeness (QED) is 0.700. The molecule has 1 fully saturated rings. The molecule has 4 rings (SSSR count). The van der Waals surface area contributed by atoms with Gasteiger partial charge in [0.25, 0.3) is 5.91 Å². The summed E-state index contributed by atoms with van der Waals surface area (Å²) in [5.41, 5.74) is 3.10. The smallest absolute Gasteiger partial charge is 0.272 e. The summed E-state index contributed by atoms with van der Waals surface area (Å²) in [5, 5.41) is 13.9. The van der Waals surface area contributed by atoms with E-state index < -0.39 is 6.17 Å². The van der Waals surface area contributed by atoms with E-state index in [2.05, 4.69) is 5.32 Å². The summed E-state index contributed by atoms with van der Waals surface area (Å²) in [6.45, 7) is 1.30. The number of nitrogens with zero attached hydrogens (tertiary/aromatic N) is 3. The molecule has 2 heterocycles. The van der Waals surface area contributed by atoms with Gasteiger partial charge < -0.3 is 20.2 Å². The number of fused-ring (bicyclic) bond motifs is 1. The Hall–Kier alpha value is -2.48. The highest BCUT2D eigenvalue weighted by molar-refractivity contribution is 7.80. The number of anilines is 1. The van der Waals surface area contributed by atoms with Gasteiger partial charge in [-0.15, -0.1) is 0 Å². The van der Waals surface area contributed by atoms with E-state index in [9.17, 15) is 9.90 Å². The van der Waals surface area contributed by atoms with E-state index in [-0.39, 0.29) is 12.0 Å². The fourth-order valence-corrected chi connectivity index (χ4v) is 4.21. The number of carbonyl (C=O) groups is 1. The minimum Gasteiger partial charge on any atom is -0.393 e. The number of benzodiazepines with no additional fused rings is 1. The van der Waals surface area contributed by atoms with Crippen molar-refractivity contribution < 1.29 is 9.90 Å². The van der Waals surface area contributed by atoms with Gasteiger partial charge in [-0.3, -0.25) is 4.79 Å². The van der Waals surface area contributed by atoms with Gasteiger partial charge in [0, 0.05) is 36.3 Å². The zero-order valence-corrected chi connectivity index (χ0v) is 18.2. The van der Waals surface area contributed by atoms with E-state index in [1.165, 1.54) is 0 Å². The summed E-state index contributed by atoms with van der Waals surface area (Å²) in [5.74, 6) is -0.205. The standard InChI is InChI=1S/C22H23ClN4O2S/c1-26-18-8-7-15(23)13-17(18)19(14-5-3-2-4-6-14)24-20(21(26)29)25-22(30)27-11-9-16(28)10-12-27/h2-8,13,16,20,28H,9-12H2,1H3,(H,25,30). The van der Waals surface area contributed by atoms with Crippen LogP contribution in [0.3, 0.4) is 0 Å². The van der Waals surface area contributed by atoms with Gasteiger partial charge in [-0.1, -0.05) is 41.9 Å². The van der Waals surface area contributed by atoms with Crippen LogP contribution in [0.25, 0.3) is 0 Å². The average molecular weight is 443 g/mol. The molecular weight excluding hydrogens is 420 g/mol. The van der Waals surface area contributed by atoms with Gasteiger partial charge >= 0.3 is 0 Å². The van der Waals surface area contributed by atoms with E-state index in [4.69, 9.17) is 28.8 Å². The Balaban J connectivity index is 1.71. The Morgan fingerprint density at radius 1 is 1.20 bits per heavy atom. The normalized spacial score (nSPS) is 19.8. The third-order valence-corrected chi connectivity index (χ3v) is 6.07. The van der Waals surface area contributed by atoms with Crippen LogP contribution in [-0.4, -0.2) is 59.1 Å². The number of rotatable bonds is 2. The molecule has 8 heteroatoms. The minimum absolute atomic E-state index is 0.205. The van der Waals surface area contributed by atoms with Crippen molar-refractivity contribution in [1.29, 1.82) is 0 Å². The van der Waals surface area contributed by atoms with Gasteiger partial charge in [-0.2, -0.15) is 0 Å². The van der Waals surface area contributed by atoms with Crippen molar-refractivity contribution in [3.63, 3.8) is 0 Å². The van der Waals surface area contributed by atoms with E-state index in [1.807, 2.05) is 47.4 Å². The monoisotopic (exact) mass is 442 g/mol. The molecule has 2 aliphatic heterocycles. The maximum Gasteiger partial charge on any atom is 0.272 e. The number of likely N-dealkylation sites (N-methyl/N-ethyl adjacent to an activating group) is 1. The molecule has 6 nitrogen and oxygen atoms in total. The molecule has 0 bridgehead atoms. The van der Waals surface area contributed by atoms with Gasteiger partial charge in [-0.05, 0) is 43.3 Å².